The lowest BCUT2D eigenvalue weighted by Gasteiger charge is -2.36. The minimum Gasteiger partial charge on any atom is -0.481 e. The summed E-state index contributed by atoms with van der Waals surface area (Å²) in [6.07, 6.45) is 1.45. The lowest BCUT2D eigenvalue weighted by molar-refractivity contribution is 0.399. The van der Waals surface area contributed by atoms with Gasteiger partial charge in [-0.2, -0.15) is 0 Å². The first-order valence-electron chi connectivity index (χ1n) is 8.60. The molecule has 0 atom stereocenters. The summed E-state index contributed by atoms with van der Waals surface area (Å²) in [5.74, 6) is 1.08. The van der Waals surface area contributed by atoms with E-state index in [0.29, 0.717) is 39.2 Å². The molecule has 2 aromatic heterocycles. The van der Waals surface area contributed by atoms with E-state index in [-0.39, 0.29) is 16.5 Å². The van der Waals surface area contributed by atoms with Gasteiger partial charge in [0, 0.05) is 17.3 Å². The van der Waals surface area contributed by atoms with Gasteiger partial charge in [0.1, 0.15) is 10.8 Å². The quantitative estimate of drug-likeness (QED) is 0.626. The van der Waals surface area contributed by atoms with Crippen LogP contribution in [0.2, 0.25) is 10.0 Å². The van der Waals surface area contributed by atoms with Gasteiger partial charge in [-0.15, -0.1) is 10.2 Å². The zero-order chi connectivity index (χ0) is 20.4. The Labute approximate surface area is 171 Å². The number of halogens is 3. The smallest absolute Gasteiger partial charge is 0.221 e. The van der Waals surface area contributed by atoms with E-state index in [2.05, 4.69) is 20.5 Å². The van der Waals surface area contributed by atoms with E-state index in [9.17, 15) is 0 Å². The Balaban J connectivity index is 2.12. The van der Waals surface area contributed by atoms with Crippen LogP contribution in [0, 0.1) is 19.7 Å². The van der Waals surface area contributed by atoms with Crippen LogP contribution in [0.4, 0.5) is 10.1 Å². The van der Waals surface area contributed by atoms with Gasteiger partial charge in [-0.25, -0.2) is 9.37 Å². The first-order chi connectivity index (χ1) is 13.2. The van der Waals surface area contributed by atoms with E-state index in [1.165, 1.54) is 13.3 Å². The number of aromatic nitrogens is 4. The first kappa shape index (κ1) is 19.0. The SMILES string of the molecule is COc1ncc(Cl)cc1-c1c(C)c2c(c(Cl)c1F)NC(C)(C)c1nnc(C)n1-2. The minimum atomic E-state index is -0.576. The van der Waals surface area contributed by atoms with E-state index in [1.54, 1.807) is 6.07 Å². The maximum Gasteiger partial charge on any atom is 0.221 e. The fourth-order valence-electron chi connectivity index (χ4n) is 3.68. The average Bonchev–Trinajstić information content (AvgIpc) is 3.03. The van der Waals surface area contributed by atoms with Gasteiger partial charge in [0.05, 0.1) is 29.0 Å². The molecule has 0 amide bonds. The van der Waals surface area contributed by atoms with Crippen LogP contribution in [-0.2, 0) is 5.54 Å². The van der Waals surface area contributed by atoms with Gasteiger partial charge in [0.25, 0.3) is 0 Å². The number of rotatable bonds is 2. The molecule has 0 spiro atoms. The van der Waals surface area contributed by atoms with E-state index >= 15 is 4.39 Å². The fraction of sp³-hybridized carbons (Fsp3) is 0.316. The second-order valence-electron chi connectivity index (χ2n) is 7.22. The molecule has 9 heteroatoms. The molecular formula is C19H18Cl2FN5O. The summed E-state index contributed by atoms with van der Waals surface area (Å²) in [5, 5.41) is 12.2. The molecular weight excluding hydrogens is 404 g/mol. The minimum absolute atomic E-state index is 0.0237. The third-order valence-corrected chi connectivity index (χ3v) is 5.49. The Hall–Kier alpha value is -2.38. The van der Waals surface area contributed by atoms with E-state index in [0.717, 1.165) is 0 Å². The first-order valence-corrected chi connectivity index (χ1v) is 9.35. The maximum absolute atomic E-state index is 15.5. The normalized spacial score (nSPS) is 14.3. The number of methoxy groups -OCH3 is 1. The molecule has 0 saturated heterocycles. The average molecular weight is 422 g/mol. The Kier molecular flexibility index (Phi) is 4.28. The highest BCUT2D eigenvalue weighted by molar-refractivity contribution is 6.34. The molecule has 28 heavy (non-hydrogen) atoms. The second-order valence-corrected chi connectivity index (χ2v) is 8.03. The number of aryl methyl sites for hydroxylation is 1. The number of benzene rings is 1. The third kappa shape index (κ3) is 2.57. The second kappa shape index (κ2) is 6.32. The molecule has 1 aliphatic heterocycles. The van der Waals surface area contributed by atoms with Crippen LogP contribution in [0.5, 0.6) is 5.88 Å². The van der Waals surface area contributed by atoms with E-state index in [1.807, 2.05) is 32.3 Å². The number of nitrogens with zero attached hydrogens (tertiary/aromatic N) is 4. The molecule has 0 fully saturated rings. The molecule has 0 radical (unpaired) electrons. The lowest BCUT2D eigenvalue weighted by Crippen LogP contribution is -2.36. The number of fused-ring (bicyclic) bond motifs is 3. The largest absolute Gasteiger partial charge is 0.481 e. The number of hydrogen-bond acceptors (Lipinski definition) is 5. The van der Waals surface area contributed by atoms with Crippen molar-refractivity contribution in [3.63, 3.8) is 0 Å². The highest BCUT2D eigenvalue weighted by atomic mass is 35.5. The highest BCUT2D eigenvalue weighted by Gasteiger charge is 2.38. The summed E-state index contributed by atoms with van der Waals surface area (Å²) in [7, 11) is 1.47. The standard InChI is InChI=1S/C19H18Cl2FN5O/c1-8-12(11-6-10(20)7-23-17(11)28-5)14(22)13(21)15-16(8)27-9(2)25-26-18(27)19(3,4)24-15/h6-7,24H,1-5H3. The van der Waals surface area contributed by atoms with Gasteiger partial charge >= 0.3 is 0 Å². The molecule has 146 valence electrons. The summed E-state index contributed by atoms with van der Waals surface area (Å²) in [6.45, 7) is 7.55. The molecule has 0 bridgehead atoms. The molecule has 6 nitrogen and oxygen atoms in total. The summed E-state index contributed by atoms with van der Waals surface area (Å²) in [5.41, 5.74) is 1.96. The van der Waals surface area contributed by atoms with Crippen molar-refractivity contribution in [2.24, 2.45) is 0 Å². The molecule has 0 saturated carbocycles. The summed E-state index contributed by atoms with van der Waals surface area (Å²) < 4.78 is 22.7. The van der Waals surface area contributed by atoms with Crippen molar-refractivity contribution in [3.05, 3.63) is 45.3 Å². The Morgan fingerprint density at radius 2 is 1.93 bits per heavy atom. The van der Waals surface area contributed by atoms with Gasteiger partial charge in [-0.1, -0.05) is 23.2 Å². The zero-order valence-corrected chi connectivity index (χ0v) is 17.5. The highest BCUT2D eigenvalue weighted by Crippen LogP contribution is 2.48. The van der Waals surface area contributed by atoms with Crippen molar-refractivity contribution in [2.45, 2.75) is 33.2 Å². The van der Waals surface area contributed by atoms with E-state index < -0.39 is 11.4 Å². The molecule has 1 aliphatic rings. The molecule has 4 rings (SSSR count). The van der Waals surface area contributed by atoms with Gasteiger partial charge in [0.15, 0.2) is 11.6 Å². The number of nitrogens with one attached hydrogen (secondary N) is 1. The van der Waals surface area contributed by atoms with Crippen molar-refractivity contribution >= 4 is 28.9 Å². The molecule has 1 N–H and O–H groups in total. The van der Waals surface area contributed by atoms with Crippen molar-refractivity contribution in [3.8, 4) is 22.7 Å². The molecule has 3 aromatic rings. The number of hydrogen-bond donors (Lipinski definition) is 1. The Bertz CT molecular complexity index is 1130. The van der Waals surface area contributed by atoms with Crippen LogP contribution < -0.4 is 10.1 Å². The van der Waals surface area contributed by atoms with Gasteiger partial charge in [-0.05, 0) is 39.3 Å². The summed E-state index contributed by atoms with van der Waals surface area (Å²) in [4.78, 5) is 4.16. The Morgan fingerprint density at radius 3 is 2.61 bits per heavy atom. The van der Waals surface area contributed by atoms with Crippen molar-refractivity contribution in [1.29, 1.82) is 0 Å². The lowest BCUT2D eigenvalue weighted by atomic mass is 9.93. The molecule has 0 aliphatic carbocycles. The van der Waals surface area contributed by atoms with Crippen LogP contribution >= 0.6 is 23.2 Å². The fourth-order valence-corrected chi connectivity index (χ4v) is 4.07. The van der Waals surface area contributed by atoms with Crippen LogP contribution in [-0.4, -0.2) is 26.9 Å². The molecule has 1 aromatic carbocycles. The maximum atomic E-state index is 15.5. The van der Waals surface area contributed by atoms with Crippen molar-refractivity contribution in [2.75, 3.05) is 12.4 Å². The topological polar surface area (TPSA) is 64.9 Å². The van der Waals surface area contributed by atoms with Gasteiger partial charge in [-0.3, -0.25) is 4.57 Å². The van der Waals surface area contributed by atoms with Gasteiger partial charge < -0.3 is 10.1 Å². The Morgan fingerprint density at radius 1 is 1.21 bits per heavy atom. The van der Waals surface area contributed by atoms with Crippen LogP contribution in [0.1, 0.15) is 31.1 Å². The van der Waals surface area contributed by atoms with Gasteiger partial charge in [0.2, 0.25) is 5.88 Å². The van der Waals surface area contributed by atoms with Crippen LogP contribution in [0.3, 0.4) is 0 Å². The molecule has 3 heterocycles. The summed E-state index contributed by atoms with van der Waals surface area (Å²) >= 11 is 12.6. The number of pyridine rings is 1. The summed E-state index contributed by atoms with van der Waals surface area (Å²) in [6, 6.07) is 1.61. The number of ether oxygens (including phenoxy) is 1. The van der Waals surface area contributed by atoms with Crippen molar-refractivity contribution in [1.82, 2.24) is 19.7 Å². The van der Waals surface area contributed by atoms with Crippen LogP contribution in [0.25, 0.3) is 16.8 Å². The zero-order valence-electron chi connectivity index (χ0n) is 16.0. The van der Waals surface area contributed by atoms with E-state index in [4.69, 9.17) is 27.9 Å². The van der Waals surface area contributed by atoms with Crippen LogP contribution in [0.15, 0.2) is 12.3 Å². The predicted octanol–water partition coefficient (Wildman–Crippen LogP) is 5.06. The monoisotopic (exact) mass is 421 g/mol. The van der Waals surface area contributed by atoms with Crippen molar-refractivity contribution < 1.29 is 9.13 Å². The third-order valence-electron chi connectivity index (χ3n) is 4.92. The predicted molar refractivity (Wildman–Crippen MR) is 107 cm³/mol. The number of anilines is 1. The molecule has 0 unspecified atom stereocenters.